The number of benzene rings is 1. The normalized spacial score (nSPS) is 25.3. The lowest BCUT2D eigenvalue weighted by atomic mass is 10.1. The van der Waals surface area contributed by atoms with Crippen molar-refractivity contribution in [3.8, 4) is 0 Å². The van der Waals surface area contributed by atoms with Crippen LogP contribution in [0.15, 0.2) is 24.3 Å². The molecule has 0 aromatic heterocycles. The Balaban J connectivity index is 2.23. The van der Waals surface area contributed by atoms with Gasteiger partial charge in [-0.15, -0.1) is 0 Å². The molecular weight excluding hydrogens is 214 g/mol. The van der Waals surface area contributed by atoms with E-state index in [1.54, 1.807) is 18.2 Å². The van der Waals surface area contributed by atoms with Crippen LogP contribution in [0.3, 0.4) is 0 Å². The maximum atomic E-state index is 10.8. The molecule has 86 valence electrons. The Kier molecular flexibility index (Phi) is 3.14. The lowest BCUT2D eigenvalue weighted by molar-refractivity contribution is -0.387. The molecule has 1 N–H and O–H groups in total. The highest BCUT2D eigenvalue weighted by Gasteiger charge is 2.27. The fourth-order valence-corrected chi connectivity index (χ4v) is 1.53. The SMILES string of the molecule is O=[N+]([O-])c1ccccc1C1OCC(O)CO1. The van der Waals surface area contributed by atoms with Crippen LogP contribution in [0.5, 0.6) is 0 Å². The van der Waals surface area contributed by atoms with Gasteiger partial charge in [0.1, 0.15) is 6.10 Å². The van der Waals surface area contributed by atoms with Crippen LogP contribution in [-0.4, -0.2) is 29.3 Å². The summed E-state index contributed by atoms with van der Waals surface area (Å²) in [4.78, 5) is 10.3. The molecule has 6 nitrogen and oxygen atoms in total. The topological polar surface area (TPSA) is 81.8 Å². The first-order chi connectivity index (χ1) is 7.68. The highest BCUT2D eigenvalue weighted by atomic mass is 16.7. The Morgan fingerprint density at radius 3 is 2.56 bits per heavy atom. The van der Waals surface area contributed by atoms with Crippen molar-refractivity contribution in [1.82, 2.24) is 0 Å². The van der Waals surface area contributed by atoms with Gasteiger partial charge >= 0.3 is 0 Å². The largest absolute Gasteiger partial charge is 0.388 e. The van der Waals surface area contributed by atoms with Crippen molar-refractivity contribution in [3.05, 3.63) is 39.9 Å². The second-order valence-corrected chi connectivity index (χ2v) is 3.47. The molecule has 2 rings (SSSR count). The van der Waals surface area contributed by atoms with E-state index in [1.807, 2.05) is 0 Å². The minimum absolute atomic E-state index is 0.0381. The fraction of sp³-hybridized carbons (Fsp3) is 0.400. The minimum atomic E-state index is -0.773. The minimum Gasteiger partial charge on any atom is -0.388 e. The monoisotopic (exact) mass is 225 g/mol. The van der Waals surface area contributed by atoms with Crippen LogP contribution >= 0.6 is 0 Å². The predicted molar refractivity (Wildman–Crippen MR) is 53.7 cm³/mol. The summed E-state index contributed by atoms with van der Waals surface area (Å²) >= 11 is 0. The molecule has 0 atom stereocenters. The predicted octanol–water partition coefficient (Wildman–Crippen LogP) is 1.00. The van der Waals surface area contributed by atoms with Crippen LogP contribution in [0, 0.1) is 10.1 Å². The molecule has 0 amide bonds. The van der Waals surface area contributed by atoms with E-state index in [1.165, 1.54) is 6.07 Å². The summed E-state index contributed by atoms with van der Waals surface area (Å²) in [5.74, 6) is 0. The van der Waals surface area contributed by atoms with Gasteiger partial charge in [-0.2, -0.15) is 0 Å². The van der Waals surface area contributed by atoms with Crippen LogP contribution in [0.4, 0.5) is 5.69 Å². The molecule has 0 aliphatic carbocycles. The van der Waals surface area contributed by atoms with Crippen LogP contribution < -0.4 is 0 Å². The first-order valence-corrected chi connectivity index (χ1v) is 4.83. The molecular formula is C10H11NO5. The summed E-state index contributed by atoms with van der Waals surface area (Å²) < 4.78 is 10.4. The molecule has 1 aromatic rings. The van der Waals surface area contributed by atoms with Gasteiger partial charge in [0.15, 0.2) is 6.29 Å². The molecule has 0 bridgehead atoms. The van der Waals surface area contributed by atoms with E-state index in [2.05, 4.69) is 0 Å². The number of para-hydroxylation sites is 1. The molecule has 1 aromatic carbocycles. The van der Waals surface area contributed by atoms with Gasteiger partial charge < -0.3 is 14.6 Å². The zero-order valence-electron chi connectivity index (χ0n) is 8.41. The maximum absolute atomic E-state index is 10.8. The van der Waals surface area contributed by atoms with Crippen LogP contribution in [-0.2, 0) is 9.47 Å². The highest BCUT2D eigenvalue weighted by Crippen LogP contribution is 2.30. The van der Waals surface area contributed by atoms with Crippen molar-refractivity contribution in [2.75, 3.05) is 13.2 Å². The summed E-state index contributed by atoms with van der Waals surface area (Å²) in [6.45, 7) is 0.243. The van der Waals surface area contributed by atoms with Crippen molar-refractivity contribution in [2.45, 2.75) is 12.4 Å². The van der Waals surface area contributed by atoms with Gasteiger partial charge in [-0.1, -0.05) is 12.1 Å². The first-order valence-electron chi connectivity index (χ1n) is 4.83. The van der Waals surface area contributed by atoms with Crippen molar-refractivity contribution >= 4 is 5.69 Å². The Bertz CT molecular complexity index is 387. The molecule has 6 heteroatoms. The van der Waals surface area contributed by atoms with E-state index in [-0.39, 0.29) is 18.9 Å². The molecule has 1 saturated heterocycles. The zero-order valence-corrected chi connectivity index (χ0v) is 8.41. The van der Waals surface area contributed by atoms with Crippen LogP contribution in [0.2, 0.25) is 0 Å². The lowest BCUT2D eigenvalue weighted by Crippen LogP contribution is -2.31. The summed E-state index contributed by atoms with van der Waals surface area (Å²) in [7, 11) is 0. The van der Waals surface area contributed by atoms with Gasteiger partial charge in [-0.25, -0.2) is 0 Å². The smallest absolute Gasteiger partial charge is 0.277 e. The van der Waals surface area contributed by atoms with Gasteiger partial charge in [0, 0.05) is 6.07 Å². The quantitative estimate of drug-likeness (QED) is 0.599. The highest BCUT2D eigenvalue weighted by molar-refractivity contribution is 5.40. The second-order valence-electron chi connectivity index (χ2n) is 3.47. The van der Waals surface area contributed by atoms with Crippen molar-refractivity contribution in [1.29, 1.82) is 0 Å². The third-order valence-corrected chi connectivity index (χ3v) is 2.27. The second kappa shape index (κ2) is 4.56. The van der Waals surface area contributed by atoms with E-state index in [9.17, 15) is 10.1 Å². The number of aliphatic hydroxyl groups is 1. The number of hydrogen-bond acceptors (Lipinski definition) is 5. The molecule has 0 spiro atoms. The number of ether oxygens (including phenoxy) is 2. The Labute approximate surface area is 91.6 Å². The summed E-state index contributed by atoms with van der Waals surface area (Å²) in [6, 6.07) is 6.24. The molecule has 1 fully saturated rings. The third-order valence-electron chi connectivity index (χ3n) is 2.27. The Morgan fingerprint density at radius 1 is 1.31 bits per heavy atom. The number of nitrogens with zero attached hydrogens (tertiary/aromatic N) is 1. The summed E-state index contributed by atoms with van der Waals surface area (Å²) in [5, 5.41) is 19.9. The standard InChI is InChI=1S/C10H11NO5/c12-7-5-15-10(16-6-7)8-3-1-2-4-9(8)11(13)14/h1-4,7,10,12H,5-6H2. The average molecular weight is 225 g/mol. The molecule has 0 radical (unpaired) electrons. The average Bonchev–Trinajstić information content (AvgIpc) is 2.30. The van der Waals surface area contributed by atoms with Gasteiger partial charge in [0.2, 0.25) is 0 Å². The van der Waals surface area contributed by atoms with Crippen molar-refractivity contribution in [2.24, 2.45) is 0 Å². The molecule has 16 heavy (non-hydrogen) atoms. The van der Waals surface area contributed by atoms with Gasteiger partial charge in [-0.3, -0.25) is 10.1 Å². The maximum Gasteiger partial charge on any atom is 0.277 e. The Morgan fingerprint density at radius 2 is 1.94 bits per heavy atom. The summed E-state index contributed by atoms with van der Waals surface area (Å²) in [6.07, 6.45) is -1.44. The van der Waals surface area contributed by atoms with Crippen LogP contribution in [0.25, 0.3) is 0 Å². The molecule has 1 aliphatic rings. The number of rotatable bonds is 2. The first kappa shape index (κ1) is 11.0. The molecule has 1 heterocycles. The zero-order chi connectivity index (χ0) is 11.5. The van der Waals surface area contributed by atoms with Gasteiger partial charge in [0.05, 0.1) is 23.7 Å². The van der Waals surface area contributed by atoms with Crippen LogP contribution in [0.1, 0.15) is 11.9 Å². The summed E-state index contributed by atoms with van der Waals surface area (Å²) in [5.41, 5.74) is 0.336. The fourth-order valence-electron chi connectivity index (χ4n) is 1.53. The third kappa shape index (κ3) is 2.19. The van der Waals surface area contributed by atoms with Crippen molar-refractivity contribution < 1.29 is 19.5 Å². The molecule has 0 saturated carbocycles. The number of nitro groups is 1. The lowest BCUT2D eigenvalue weighted by Gasteiger charge is -2.26. The van der Waals surface area contributed by atoms with E-state index < -0.39 is 17.3 Å². The number of aliphatic hydroxyl groups excluding tert-OH is 1. The Hall–Kier alpha value is -1.50. The molecule has 0 unspecified atom stereocenters. The van der Waals surface area contributed by atoms with Crippen molar-refractivity contribution in [3.63, 3.8) is 0 Å². The van der Waals surface area contributed by atoms with E-state index in [0.29, 0.717) is 5.56 Å². The van der Waals surface area contributed by atoms with E-state index >= 15 is 0 Å². The van der Waals surface area contributed by atoms with E-state index in [0.717, 1.165) is 0 Å². The number of hydrogen-bond donors (Lipinski definition) is 1. The molecule has 1 aliphatic heterocycles. The van der Waals surface area contributed by atoms with Gasteiger partial charge in [-0.05, 0) is 6.07 Å². The number of nitro benzene ring substituents is 1. The van der Waals surface area contributed by atoms with E-state index in [4.69, 9.17) is 14.6 Å². The van der Waals surface area contributed by atoms with Gasteiger partial charge in [0.25, 0.3) is 5.69 Å².